The summed E-state index contributed by atoms with van der Waals surface area (Å²) in [6, 6.07) is 0. The Labute approximate surface area is 428 Å². The Balaban J connectivity index is 4.39. The summed E-state index contributed by atoms with van der Waals surface area (Å²) in [6.07, 6.45) is 72.1. The summed E-state index contributed by atoms with van der Waals surface area (Å²) < 4.78 is 16.9. The van der Waals surface area contributed by atoms with Gasteiger partial charge in [0.15, 0.2) is 6.10 Å². The maximum Gasteiger partial charge on any atom is 0.306 e. The highest BCUT2D eigenvalue weighted by atomic mass is 16.6. The fourth-order valence-corrected chi connectivity index (χ4v) is 8.53. The Hall–Kier alpha value is -2.89. The molecule has 0 saturated heterocycles. The molecule has 69 heavy (non-hydrogen) atoms. The van der Waals surface area contributed by atoms with E-state index in [-0.39, 0.29) is 31.1 Å². The fourth-order valence-electron chi connectivity index (χ4n) is 8.53. The Bertz CT molecular complexity index is 1250. The summed E-state index contributed by atoms with van der Waals surface area (Å²) in [5.74, 6) is -0.900. The average Bonchev–Trinajstić information content (AvgIpc) is 3.35. The van der Waals surface area contributed by atoms with Crippen LogP contribution in [0.15, 0.2) is 60.8 Å². The number of unbranched alkanes of at least 4 members (excludes halogenated alkanes) is 34. The van der Waals surface area contributed by atoms with Crippen LogP contribution in [0.4, 0.5) is 0 Å². The highest BCUT2D eigenvalue weighted by Crippen LogP contribution is 2.15. The average molecular weight is 966 g/mol. The number of allylic oxidation sites excluding steroid dienone is 10. The minimum atomic E-state index is -0.788. The molecule has 0 aliphatic heterocycles. The molecule has 0 aromatic heterocycles. The lowest BCUT2D eigenvalue weighted by Gasteiger charge is -2.18. The van der Waals surface area contributed by atoms with Crippen LogP contribution in [0.2, 0.25) is 0 Å². The minimum Gasteiger partial charge on any atom is -0.462 e. The smallest absolute Gasteiger partial charge is 0.306 e. The van der Waals surface area contributed by atoms with Crippen molar-refractivity contribution in [1.82, 2.24) is 0 Å². The maximum absolute atomic E-state index is 12.9. The lowest BCUT2D eigenvalue weighted by Crippen LogP contribution is -2.30. The third-order valence-electron chi connectivity index (χ3n) is 13.0. The topological polar surface area (TPSA) is 78.9 Å². The molecule has 0 heterocycles. The quantitative estimate of drug-likeness (QED) is 0.0199. The lowest BCUT2D eigenvalue weighted by molar-refractivity contribution is -0.167. The molecule has 0 radical (unpaired) electrons. The Morgan fingerprint density at radius 3 is 0.971 bits per heavy atom. The van der Waals surface area contributed by atoms with E-state index >= 15 is 0 Å². The highest BCUT2D eigenvalue weighted by molar-refractivity contribution is 5.71. The molecule has 0 aromatic rings. The van der Waals surface area contributed by atoms with Crippen LogP contribution in [0.1, 0.15) is 303 Å². The third kappa shape index (κ3) is 55.9. The van der Waals surface area contributed by atoms with Crippen LogP contribution in [0.25, 0.3) is 0 Å². The number of ether oxygens (including phenoxy) is 3. The normalized spacial score (nSPS) is 12.4. The standard InChI is InChI=1S/C63H112O6/c1-4-7-10-13-16-19-22-25-28-30-32-34-35-38-41-44-47-50-53-56-62(65)68-59-60(58-67-61(64)55-52-49-46-43-40-37-27-24-21-18-15-12-9-6-3)69-63(66)57-54-51-48-45-42-39-36-33-31-29-26-23-20-17-14-11-8-5-2/h9,12,18,21,29-33,36,60H,4-8,10-11,13-17,19-20,22-28,34-35,37-59H2,1-3H3/b12-9-,21-18-,31-29-,32-30-,36-33-. The van der Waals surface area contributed by atoms with Crippen LogP contribution in [0.3, 0.4) is 0 Å². The van der Waals surface area contributed by atoms with E-state index in [9.17, 15) is 14.4 Å². The molecule has 0 saturated carbocycles. The molecule has 0 aliphatic carbocycles. The first-order valence-electron chi connectivity index (χ1n) is 29.8. The van der Waals surface area contributed by atoms with Crippen molar-refractivity contribution in [2.24, 2.45) is 0 Å². The molecule has 0 rings (SSSR count). The van der Waals surface area contributed by atoms with Crippen molar-refractivity contribution in [2.45, 2.75) is 309 Å². The summed E-state index contributed by atoms with van der Waals surface area (Å²) >= 11 is 0. The zero-order valence-electron chi connectivity index (χ0n) is 45.8. The van der Waals surface area contributed by atoms with Crippen molar-refractivity contribution in [3.05, 3.63) is 60.8 Å². The van der Waals surface area contributed by atoms with Crippen LogP contribution >= 0.6 is 0 Å². The van der Waals surface area contributed by atoms with Crippen LogP contribution < -0.4 is 0 Å². The van der Waals surface area contributed by atoms with Crippen molar-refractivity contribution in [1.29, 1.82) is 0 Å². The van der Waals surface area contributed by atoms with Gasteiger partial charge in [-0.25, -0.2) is 0 Å². The van der Waals surface area contributed by atoms with Crippen LogP contribution in [-0.2, 0) is 28.6 Å². The number of carbonyl (C=O) groups excluding carboxylic acids is 3. The largest absolute Gasteiger partial charge is 0.462 e. The molecule has 0 N–H and O–H groups in total. The molecule has 0 fully saturated rings. The maximum atomic E-state index is 12.9. The van der Waals surface area contributed by atoms with Gasteiger partial charge in [-0.3, -0.25) is 14.4 Å². The molecule has 400 valence electrons. The van der Waals surface area contributed by atoms with E-state index in [0.717, 1.165) is 96.3 Å². The van der Waals surface area contributed by atoms with Crippen molar-refractivity contribution >= 4 is 17.9 Å². The van der Waals surface area contributed by atoms with Gasteiger partial charge in [0.25, 0.3) is 0 Å². The summed E-state index contributed by atoms with van der Waals surface area (Å²) in [5, 5.41) is 0. The lowest BCUT2D eigenvalue weighted by atomic mass is 10.1. The van der Waals surface area contributed by atoms with Gasteiger partial charge < -0.3 is 14.2 Å². The fraction of sp³-hybridized carbons (Fsp3) is 0.794. The molecule has 0 bridgehead atoms. The molecule has 1 atom stereocenters. The summed E-state index contributed by atoms with van der Waals surface area (Å²) in [4.78, 5) is 38.2. The van der Waals surface area contributed by atoms with Gasteiger partial charge in [-0.05, 0) is 96.3 Å². The van der Waals surface area contributed by atoms with Gasteiger partial charge in [0.1, 0.15) is 13.2 Å². The van der Waals surface area contributed by atoms with Gasteiger partial charge in [-0.2, -0.15) is 0 Å². The molecular formula is C63H112O6. The molecule has 0 aliphatic rings. The number of esters is 3. The van der Waals surface area contributed by atoms with Gasteiger partial charge in [0.05, 0.1) is 0 Å². The first kappa shape index (κ1) is 66.1. The molecular weight excluding hydrogens is 853 g/mol. The number of hydrogen-bond acceptors (Lipinski definition) is 6. The van der Waals surface area contributed by atoms with Crippen molar-refractivity contribution < 1.29 is 28.6 Å². The third-order valence-corrected chi connectivity index (χ3v) is 13.0. The molecule has 0 spiro atoms. The summed E-state index contributed by atoms with van der Waals surface area (Å²) in [5.41, 5.74) is 0. The van der Waals surface area contributed by atoms with Gasteiger partial charge in [-0.15, -0.1) is 0 Å². The predicted octanol–water partition coefficient (Wildman–Crippen LogP) is 20.0. The molecule has 6 nitrogen and oxygen atoms in total. The van der Waals surface area contributed by atoms with E-state index in [1.54, 1.807) is 0 Å². The summed E-state index contributed by atoms with van der Waals surface area (Å²) in [7, 11) is 0. The zero-order chi connectivity index (χ0) is 50.0. The van der Waals surface area contributed by atoms with E-state index in [2.05, 4.69) is 81.5 Å². The SMILES string of the molecule is CC/C=C\C/C=C\CCCCCCCCCC(=O)OCC(COC(=O)CCCCCCCCC/C=C\CCCCCCCCCC)OC(=O)CCCCCCC/C=C\C=C/CCCCCCCCC. The second-order valence-corrected chi connectivity index (χ2v) is 19.9. The van der Waals surface area contributed by atoms with Crippen molar-refractivity contribution in [2.75, 3.05) is 13.2 Å². The Kier molecular flexibility index (Phi) is 55.3. The van der Waals surface area contributed by atoms with E-state index < -0.39 is 6.10 Å². The van der Waals surface area contributed by atoms with Crippen LogP contribution in [0, 0.1) is 0 Å². The van der Waals surface area contributed by atoms with Crippen LogP contribution in [0.5, 0.6) is 0 Å². The van der Waals surface area contributed by atoms with E-state index in [1.807, 2.05) is 0 Å². The molecule has 0 amide bonds. The molecule has 6 heteroatoms. The van der Waals surface area contributed by atoms with E-state index in [1.165, 1.54) is 167 Å². The zero-order valence-corrected chi connectivity index (χ0v) is 45.8. The predicted molar refractivity (Wildman–Crippen MR) is 298 cm³/mol. The van der Waals surface area contributed by atoms with Gasteiger partial charge in [0, 0.05) is 19.3 Å². The van der Waals surface area contributed by atoms with E-state index in [0.29, 0.717) is 19.3 Å². The Morgan fingerprint density at radius 1 is 0.319 bits per heavy atom. The van der Waals surface area contributed by atoms with Gasteiger partial charge in [-0.1, -0.05) is 248 Å². The monoisotopic (exact) mass is 965 g/mol. The van der Waals surface area contributed by atoms with Crippen LogP contribution in [-0.4, -0.2) is 37.2 Å². The second-order valence-electron chi connectivity index (χ2n) is 19.9. The number of hydrogen-bond donors (Lipinski definition) is 0. The van der Waals surface area contributed by atoms with Gasteiger partial charge in [0.2, 0.25) is 0 Å². The molecule has 0 aromatic carbocycles. The van der Waals surface area contributed by atoms with Gasteiger partial charge >= 0.3 is 17.9 Å². The highest BCUT2D eigenvalue weighted by Gasteiger charge is 2.19. The molecule has 1 unspecified atom stereocenters. The second kappa shape index (κ2) is 57.7. The Morgan fingerprint density at radius 2 is 0.609 bits per heavy atom. The summed E-state index contributed by atoms with van der Waals surface area (Å²) in [6.45, 7) is 6.54. The van der Waals surface area contributed by atoms with Crippen molar-refractivity contribution in [3.63, 3.8) is 0 Å². The van der Waals surface area contributed by atoms with Crippen molar-refractivity contribution in [3.8, 4) is 0 Å². The first-order valence-corrected chi connectivity index (χ1v) is 29.8. The number of rotatable bonds is 54. The first-order chi connectivity index (χ1) is 34.0. The van der Waals surface area contributed by atoms with E-state index in [4.69, 9.17) is 14.2 Å². The minimum absolute atomic E-state index is 0.0844. The number of carbonyl (C=O) groups is 3.